The van der Waals surface area contributed by atoms with Gasteiger partial charge in [-0.1, -0.05) is 134 Å². The van der Waals surface area contributed by atoms with E-state index < -0.39 is 11.8 Å². The quantitative estimate of drug-likeness (QED) is 0.0529. The van der Waals surface area contributed by atoms with E-state index in [-0.39, 0.29) is 39.5 Å². The number of aromatic hydroxyl groups is 1. The van der Waals surface area contributed by atoms with Crippen LogP contribution in [0.15, 0.2) is 113 Å². The molecule has 7 rings (SSSR count). The van der Waals surface area contributed by atoms with E-state index in [2.05, 4.69) is 73.5 Å². The number of aromatic nitrogens is 3. The number of para-hydroxylation sites is 1. The fourth-order valence-electron chi connectivity index (χ4n) is 8.39. The molecular weight excluding hydrogens is 861 g/mol. The summed E-state index contributed by atoms with van der Waals surface area (Å²) in [5.74, 6) is 0.541. The number of anilines is 5. The Labute approximate surface area is 396 Å². The first-order valence-corrected chi connectivity index (χ1v) is 23.7. The minimum Gasteiger partial charge on any atom is -0.506 e. The highest BCUT2D eigenvalue weighted by molar-refractivity contribution is 7.22. The molecule has 348 valence electrons. The molecule has 0 unspecified atom stereocenters. The Hall–Kier alpha value is -6.93. The number of benzene rings is 5. The largest absolute Gasteiger partial charge is 0.506 e. The molecule has 67 heavy (non-hydrogen) atoms. The van der Waals surface area contributed by atoms with Gasteiger partial charge in [-0.2, -0.15) is 0 Å². The Morgan fingerprint density at radius 1 is 0.821 bits per heavy atom. The second-order valence-electron chi connectivity index (χ2n) is 18.5. The third kappa shape index (κ3) is 11.9. The average molecular weight is 921 g/mol. The van der Waals surface area contributed by atoms with Crippen molar-refractivity contribution in [3.63, 3.8) is 0 Å². The molecule has 0 saturated heterocycles. The Morgan fingerprint density at radius 3 is 2.28 bits per heavy atom. The molecule has 0 fully saturated rings. The molecule has 14 heteroatoms. The van der Waals surface area contributed by atoms with Crippen molar-refractivity contribution in [1.29, 1.82) is 0 Å². The van der Waals surface area contributed by atoms with E-state index >= 15 is 0 Å². The fraction of sp³-hybridized carbons (Fsp3) is 0.340. The number of fused-ring (bicyclic) bond motifs is 2. The van der Waals surface area contributed by atoms with Gasteiger partial charge < -0.3 is 25.2 Å². The van der Waals surface area contributed by atoms with E-state index in [1.807, 2.05) is 71.6 Å². The highest BCUT2D eigenvalue weighted by atomic mass is 32.1. The molecule has 2 amide bonds. The first-order valence-electron chi connectivity index (χ1n) is 22.8. The Bertz CT molecular complexity index is 2890. The average Bonchev–Trinajstić information content (AvgIpc) is 3.71. The number of carbonyl (C=O) groups excluding carboxylic acids is 2. The lowest BCUT2D eigenvalue weighted by molar-refractivity contribution is -0.114. The molecule has 13 nitrogen and oxygen atoms in total. The number of nitrogens with zero attached hydrogens (tertiary/aromatic N) is 6. The SMILES string of the molecule is CCCCCCCCOc1ccc(C(C)(C)CC(C)(C)C)cc1NC(=O)c1cc(N=Nc2ncc(N(c3ccccc3)c3nc4cc(OC)ccc4s3)nc2NC(C)=O)c2ccccc2c1O. The number of phenols is 1. The van der Waals surface area contributed by atoms with Crippen LogP contribution in [0.2, 0.25) is 0 Å². The number of methoxy groups -OCH3 is 1. The van der Waals surface area contributed by atoms with Crippen molar-refractivity contribution >= 4 is 83.8 Å². The number of unbranched alkanes of at least 4 members (excludes halogenated alkanes) is 5. The standard InChI is InChI=1S/C53H60N8O5S/c1-9-10-11-12-13-19-28-66-44-26-24-35(53(6,7)33-52(3,4)5)29-42(44)56-50(64)40-31-41(38-22-17-18-23-39(38)47(40)63)59-60-48-49(55-34(2)62)58-46(32-54-48)61(36-20-15-14-16-21-36)51-57-43-30-37(65-8)25-27-45(43)67-51/h14-18,20-27,29-32,63H,9-13,19,28,33H2,1-8H3,(H,56,64)(H,55,58,62). The van der Waals surface area contributed by atoms with E-state index in [9.17, 15) is 14.7 Å². The molecule has 2 aromatic heterocycles. The molecule has 0 aliphatic carbocycles. The van der Waals surface area contributed by atoms with Crippen LogP contribution in [-0.2, 0) is 10.2 Å². The van der Waals surface area contributed by atoms with Crippen LogP contribution in [0.5, 0.6) is 17.2 Å². The van der Waals surface area contributed by atoms with E-state index in [0.29, 0.717) is 45.5 Å². The molecule has 0 atom stereocenters. The molecule has 0 bridgehead atoms. The molecule has 0 spiro atoms. The molecule has 0 aliphatic heterocycles. The summed E-state index contributed by atoms with van der Waals surface area (Å²) < 4.78 is 12.7. The maximum atomic E-state index is 14.4. The zero-order chi connectivity index (χ0) is 47.7. The van der Waals surface area contributed by atoms with Gasteiger partial charge in [-0.05, 0) is 71.7 Å². The highest BCUT2D eigenvalue weighted by Crippen LogP contribution is 2.43. The maximum absolute atomic E-state index is 14.4. The number of phenolic OH excluding ortho intramolecular Hbond substituents is 1. The Kier molecular flexibility index (Phi) is 15.1. The lowest BCUT2D eigenvalue weighted by Crippen LogP contribution is -2.25. The van der Waals surface area contributed by atoms with Gasteiger partial charge in [0.15, 0.2) is 16.8 Å². The van der Waals surface area contributed by atoms with Crippen LogP contribution in [0.4, 0.5) is 39.6 Å². The molecule has 0 saturated carbocycles. The van der Waals surface area contributed by atoms with E-state index in [4.69, 9.17) is 19.4 Å². The van der Waals surface area contributed by atoms with E-state index in [1.165, 1.54) is 49.8 Å². The molecule has 0 aliphatic rings. The number of azo groups is 1. The summed E-state index contributed by atoms with van der Waals surface area (Å²) in [5, 5.41) is 28.2. The van der Waals surface area contributed by atoms with E-state index in [0.717, 1.165) is 47.2 Å². The number of hydrogen-bond donors (Lipinski definition) is 3. The van der Waals surface area contributed by atoms with Gasteiger partial charge in [0.05, 0.1) is 47.1 Å². The van der Waals surface area contributed by atoms with Crippen LogP contribution in [0.25, 0.3) is 21.0 Å². The van der Waals surface area contributed by atoms with Crippen LogP contribution in [0.3, 0.4) is 0 Å². The van der Waals surface area contributed by atoms with Crippen LogP contribution in [0, 0.1) is 5.41 Å². The summed E-state index contributed by atoms with van der Waals surface area (Å²) in [6.45, 7) is 15.2. The Morgan fingerprint density at radius 2 is 1.55 bits per heavy atom. The van der Waals surface area contributed by atoms with Gasteiger partial charge in [0.1, 0.15) is 17.2 Å². The molecule has 0 radical (unpaired) electrons. The molecule has 3 N–H and O–H groups in total. The number of amides is 2. The number of carbonyl (C=O) groups is 2. The summed E-state index contributed by atoms with van der Waals surface area (Å²) in [4.78, 5) is 43.3. The number of hydrogen-bond acceptors (Lipinski definition) is 12. The van der Waals surface area contributed by atoms with Crippen molar-refractivity contribution in [3.8, 4) is 17.2 Å². The first kappa shape index (κ1) is 48.0. The van der Waals surface area contributed by atoms with Gasteiger partial charge in [-0.15, -0.1) is 10.2 Å². The van der Waals surface area contributed by atoms with Gasteiger partial charge >= 0.3 is 0 Å². The molecular formula is C53H60N8O5S. The summed E-state index contributed by atoms with van der Waals surface area (Å²) in [5.41, 5.74) is 3.21. The fourth-order valence-corrected chi connectivity index (χ4v) is 9.37. The summed E-state index contributed by atoms with van der Waals surface area (Å²) >= 11 is 1.47. The van der Waals surface area contributed by atoms with Gasteiger partial charge in [0, 0.05) is 29.4 Å². The first-order chi connectivity index (χ1) is 32.1. The number of ether oxygens (including phenoxy) is 2. The van der Waals surface area contributed by atoms with Crippen molar-refractivity contribution in [2.45, 2.75) is 98.8 Å². The summed E-state index contributed by atoms with van der Waals surface area (Å²) in [6.07, 6.45) is 9.19. The van der Waals surface area contributed by atoms with Gasteiger partial charge in [0.25, 0.3) is 5.91 Å². The third-order valence-corrected chi connectivity index (χ3v) is 12.3. The lowest BCUT2D eigenvalue weighted by atomic mass is 9.72. The number of thiazole rings is 1. The van der Waals surface area contributed by atoms with Gasteiger partial charge in [0.2, 0.25) is 11.7 Å². The summed E-state index contributed by atoms with van der Waals surface area (Å²) in [7, 11) is 1.61. The zero-order valence-corrected chi connectivity index (χ0v) is 40.5. The normalized spacial score (nSPS) is 11.9. The molecule has 7 aromatic rings. The van der Waals surface area contributed by atoms with Crippen molar-refractivity contribution in [2.24, 2.45) is 15.6 Å². The summed E-state index contributed by atoms with van der Waals surface area (Å²) in [6, 6.07) is 29.9. The van der Waals surface area contributed by atoms with Gasteiger partial charge in [-0.3, -0.25) is 14.5 Å². The Balaban J connectivity index is 1.23. The van der Waals surface area contributed by atoms with Crippen molar-refractivity contribution in [3.05, 3.63) is 114 Å². The lowest BCUT2D eigenvalue weighted by Gasteiger charge is -2.33. The number of rotatable bonds is 19. The molecule has 2 heterocycles. The smallest absolute Gasteiger partial charge is 0.259 e. The molecule has 5 aromatic carbocycles. The van der Waals surface area contributed by atoms with Gasteiger partial charge in [-0.25, -0.2) is 15.0 Å². The number of nitrogens with one attached hydrogen (secondary N) is 2. The van der Waals surface area contributed by atoms with Crippen molar-refractivity contribution in [1.82, 2.24) is 15.0 Å². The zero-order valence-electron chi connectivity index (χ0n) is 39.6. The topological polar surface area (TPSA) is 164 Å². The van der Waals surface area contributed by atoms with Crippen LogP contribution in [-0.4, -0.2) is 45.6 Å². The monoisotopic (exact) mass is 920 g/mol. The second kappa shape index (κ2) is 21.1. The van der Waals surface area contributed by atoms with Crippen LogP contribution >= 0.6 is 11.3 Å². The van der Waals surface area contributed by atoms with Crippen LogP contribution < -0.4 is 25.0 Å². The third-order valence-electron chi connectivity index (χ3n) is 11.3. The van der Waals surface area contributed by atoms with Crippen molar-refractivity contribution in [2.75, 3.05) is 29.3 Å². The maximum Gasteiger partial charge on any atom is 0.259 e. The predicted molar refractivity (Wildman–Crippen MR) is 271 cm³/mol. The van der Waals surface area contributed by atoms with Crippen molar-refractivity contribution < 1.29 is 24.2 Å². The minimum atomic E-state index is -0.549. The second-order valence-corrected chi connectivity index (χ2v) is 19.5. The predicted octanol–water partition coefficient (Wildman–Crippen LogP) is 14.5. The highest BCUT2D eigenvalue weighted by Gasteiger charge is 2.29. The van der Waals surface area contributed by atoms with E-state index in [1.54, 1.807) is 25.3 Å². The minimum absolute atomic E-state index is 0.00986. The van der Waals surface area contributed by atoms with Crippen LogP contribution in [0.1, 0.15) is 109 Å².